The zero-order chi connectivity index (χ0) is 12.9. The summed E-state index contributed by atoms with van der Waals surface area (Å²) in [6.07, 6.45) is 0.553. The molecule has 0 aliphatic rings. The number of primary amides is 1. The minimum atomic E-state index is -3.54. The van der Waals surface area contributed by atoms with Gasteiger partial charge in [-0.15, -0.1) is 0 Å². The van der Waals surface area contributed by atoms with Gasteiger partial charge in [0.15, 0.2) is 0 Å². The summed E-state index contributed by atoms with van der Waals surface area (Å²) in [6, 6.07) is 6.53. The fourth-order valence-corrected chi connectivity index (χ4v) is 3.28. The van der Waals surface area contributed by atoms with Crippen LogP contribution in [0.4, 0.5) is 0 Å². The van der Waals surface area contributed by atoms with E-state index in [1.807, 2.05) is 0 Å². The highest BCUT2D eigenvalue weighted by molar-refractivity contribution is 9.10. The van der Waals surface area contributed by atoms with E-state index in [0.29, 0.717) is 10.9 Å². The smallest absolute Gasteiger partial charge is 0.241 e. The van der Waals surface area contributed by atoms with E-state index in [2.05, 4.69) is 20.7 Å². The third-order valence-corrected chi connectivity index (χ3v) is 4.49. The Kier molecular flexibility index (Phi) is 5.10. The number of carbonyl (C=O) groups is 1. The summed E-state index contributed by atoms with van der Waals surface area (Å²) in [6.45, 7) is 0.187. The maximum Gasteiger partial charge on any atom is 0.241 e. The number of sulfonamides is 1. The van der Waals surface area contributed by atoms with Crippen LogP contribution in [0.2, 0.25) is 0 Å². The molecule has 3 N–H and O–H groups in total. The van der Waals surface area contributed by atoms with Crippen LogP contribution in [0.1, 0.15) is 12.8 Å². The number of hydrogen-bond donors (Lipinski definition) is 2. The third-order valence-electron chi connectivity index (χ3n) is 2.02. The van der Waals surface area contributed by atoms with Gasteiger partial charge in [-0.2, -0.15) is 0 Å². The number of amides is 1. The molecule has 0 saturated heterocycles. The van der Waals surface area contributed by atoms with Gasteiger partial charge < -0.3 is 5.73 Å². The van der Waals surface area contributed by atoms with E-state index in [1.165, 1.54) is 6.07 Å². The van der Waals surface area contributed by atoms with E-state index in [4.69, 9.17) is 5.73 Å². The molecule has 5 nitrogen and oxygen atoms in total. The lowest BCUT2D eigenvalue weighted by Crippen LogP contribution is -2.26. The summed E-state index contributed by atoms with van der Waals surface area (Å²) in [5.41, 5.74) is 4.95. The average Bonchev–Trinajstić information content (AvgIpc) is 2.24. The fourth-order valence-electron chi connectivity index (χ4n) is 1.21. The predicted octanol–water partition coefficient (Wildman–Crippen LogP) is 0.993. The lowest BCUT2D eigenvalue weighted by atomic mass is 10.3. The molecule has 0 unspecified atom stereocenters. The van der Waals surface area contributed by atoms with Gasteiger partial charge >= 0.3 is 0 Å². The number of halogens is 1. The first-order chi connectivity index (χ1) is 7.93. The second kappa shape index (κ2) is 6.13. The van der Waals surface area contributed by atoms with Crippen LogP contribution in [-0.4, -0.2) is 20.9 Å². The van der Waals surface area contributed by atoms with Crippen molar-refractivity contribution in [3.05, 3.63) is 28.7 Å². The SMILES string of the molecule is NC(=O)CCCNS(=O)(=O)c1ccccc1Br. The molecule has 1 amide bonds. The first-order valence-corrected chi connectivity index (χ1v) is 7.23. The van der Waals surface area contributed by atoms with E-state index in [9.17, 15) is 13.2 Å². The Labute approximate surface area is 109 Å². The Morgan fingerprint density at radius 2 is 2.00 bits per heavy atom. The van der Waals surface area contributed by atoms with E-state index in [-0.39, 0.29) is 17.9 Å². The van der Waals surface area contributed by atoms with Crippen LogP contribution >= 0.6 is 15.9 Å². The van der Waals surface area contributed by atoms with E-state index in [0.717, 1.165) is 0 Å². The molecular formula is C10H13BrN2O3S. The van der Waals surface area contributed by atoms with Gasteiger partial charge in [0.05, 0.1) is 4.90 Å². The molecule has 0 aliphatic heterocycles. The standard InChI is InChI=1S/C10H13BrN2O3S/c11-8-4-1-2-5-9(8)17(15,16)13-7-3-6-10(12)14/h1-2,4-5,13H,3,6-7H2,(H2,12,14). The number of nitrogens with two attached hydrogens (primary N) is 1. The lowest BCUT2D eigenvalue weighted by Gasteiger charge is -2.07. The van der Waals surface area contributed by atoms with Crippen LogP contribution in [0.25, 0.3) is 0 Å². The highest BCUT2D eigenvalue weighted by Crippen LogP contribution is 2.20. The van der Waals surface area contributed by atoms with Crippen molar-refractivity contribution in [1.82, 2.24) is 4.72 Å². The predicted molar refractivity (Wildman–Crippen MR) is 67.8 cm³/mol. The minimum Gasteiger partial charge on any atom is -0.370 e. The Balaban J connectivity index is 2.64. The van der Waals surface area contributed by atoms with Gasteiger partial charge in [0, 0.05) is 17.4 Å². The Morgan fingerprint density at radius 3 is 2.59 bits per heavy atom. The lowest BCUT2D eigenvalue weighted by molar-refractivity contribution is -0.118. The molecule has 0 aromatic heterocycles. The molecule has 0 atom stereocenters. The molecular weight excluding hydrogens is 308 g/mol. The maximum atomic E-state index is 11.8. The first kappa shape index (κ1) is 14.1. The molecule has 0 spiro atoms. The van der Waals surface area contributed by atoms with Gasteiger partial charge in [0.2, 0.25) is 15.9 Å². The third kappa shape index (κ3) is 4.45. The highest BCUT2D eigenvalue weighted by atomic mass is 79.9. The van der Waals surface area contributed by atoms with Crippen LogP contribution < -0.4 is 10.5 Å². The first-order valence-electron chi connectivity index (χ1n) is 4.96. The Bertz CT molecular complexity index is 502. The number of carbonyl (C=O) groups excluding carboxylic acids is 1. The van der Waals surface area contributed by atoms with E-state index < -0.39 is 15.9 Å². The molecule has 0 bridgehead atoms. The van der Waals surface area contributed by atoms with Gasteiger partial charge in [0.1, 0.15) is 0 Å². The van der Waals surface area contributed by atoms with Gasteiger partial charge in [-0.05, 0) is 34.5 Å². The fraction of sp³-hybridized carbons (Fsp3) is 0.300. The summed E-state index contributed by atoms with van der Waals surface area (Å²) in [4.78, 5) is 10.7. The van der Waals surface area contributed by atoms with Crippen molar-refractivity contribution < 1.29 is 13.2 Å². The minimum absolute atomic E-state index is 0.165. The molecule has 0 radical (unpaired) electrons. The topological polar surface area (TPSA) is 89.3 Å². The van der Waals surface area contributed by atoms with Crippen molar-refractivity contribution in [2.75, 3.05) is 6.54 Å². The largest absolute Gasteiger partial charge is 0.370 e. The average molecular weight is 321 g/mol. The number of hydrogen-bond acceptors (Lipinski definition) is 3. The van der Waals surface area contributed by atoms with Crippen LogP contribution in [-0.2, 0) is 14.8 Å². The summed E-state index contributed by atoms with van der Waals surface area (Å²) >= 11 is 3.17. The van der Waals surface area contributed by atoms with Gasteiger partial charge in [0.25, 0.3) is 0 Å². The molecule has 0 saturated carbocycles. The summed E-state index contributed by atoms with van der Waals surface area (Å²) in [7, 11) is -3.54. The van der Waals surface area contributed by atoms with Crippen LogP contribution in [0.15, 0.2) is 33.6 Å². The zero-order valence-electron chi connectivity index (χ0n) is 9.02. The Hall–Kier alpha value is -0.920. The van der Waals surface area contributed by atoms with Crippen molar-refractivity contribution in [1.29, 1.82) is 0 Å². The number of rotatable bonds is 6. The monoisotopic (exact) mass is 320 g/mol. The second-order valence-electron chi connectivity index (χ2n) is 3.40. The van der Waals surface area contributed by atoms with Crippen LogP contribution in [0, 0.1) is 0 Å². The van der Waals surface area contributed by atoms with Crippen molar-refractivity contribution in [3.8, 4) is 0 Å². The molecule has 1 rings (SSSR count). The molecule has 0 fully saturated rings. The van der Waals surface area contributed by atoms with Crippen molar-refractivity contribution in [2.24, 2.45) is 5.73 Å². The van der Waals surface area contributed by atoms with Crippen LogP contribution in [0.5, 0.6) is 0 Å². The van der Waals surface area contributed by atoms with Crippen LogP contribution in [0.3, 0.4) is 0 Å². The second-order valence-corrected chi connectivity index (χ2v) is 5.99. The van der Waals surface area contributed by atoms with Crippen molar-refractivity contribution >= 4 is 31.9 Å². The van der Waals surface area contributed by atoms with E-state index in [1.54, 1.807) is 18.2 Å². The normalized spacial score (nSPS) is 11.4. The van der Waals surface area contributed by atoms with Gasteiger partial charge in [-0.25, -0.2) is 13.1 Å². The van der Waals surface area contributed by atoms with E-state index >= 15 is 0 Å². The quantitative estimate of drug-likeness (QED) is 0.766. The molecule has 0 heterocycles. The summed E-state index contributed by atoms with van der Waals surface area (Å²) < 4.78 is 26.6. The summed E-state index contributed by atoms with van der Waals surface area (Å²) in [5.74, 6) is -0.440. The molecule has 17 heavy (non-hydrogen) atoms. The maximum absolute atomic E-state index is 11.8. The number of nitrogens with one attached hydrogen (secondary N) is 1. The Morgan fingerprint density at radius 1 is 1.35 bits per heavy atom. The van der Waals surface area contributed by atoms with Gasteiger partial charge in [-0.1, -0.05) is 12.1 Å². The summed E-state index contributed by atoms with van der Waals surface area (Å²) in [5, 5.41) is 0. The zero-order valence-corrected chi connectivity index (χ0v) is 11.4. The number of benzene rings is 1. The molecule has 1 aromatic rings. The van der Waals surface area contributed by atoms with Gasteiger partial charge in [-0.3, -0.25) is 4.79 Å². The molecule has 0 aliphatic carbocycles. The molecule has 1 aromatic carbocycles. The van der Waals surface area contributed by atoms with Crippen molar-refractivity contribution in [3.63, 3.8) is 0 Å². The molecule has 94 valence electrons. The molecule has 7 heteroatoms. The van der Waals surface area contributed by atoms with Crippen molar-refractivity contribution in [2.45, 2.75) is 17.7 Å². The highest BCUT2D eigenvalue weighted by Gasteiger charge is 2.15.